The van der Waals surface area contributed by atoms with Gasteiger partial charge in [0.05, 0.1) is 0 Å². The monoisotopic (exact) mass is 396 g/mol. The standard InChI is InChI=1S/C26H52O2/c1-23(2)18-17-20-25(4)22-24(3)19-15-13-11-9-7-5-6-8-10-12-14-16-21-26(27)28/h23-25H,5-22H2,1-4H3,(H,27,28). The van der Waals surface area contributed by atoms with E-state index in [-0.39, 0.29) is 0 Å². The molecule has 0 saturated carbocycles. The minimum atomic E-state index is -0.652. The van der Waals surface area contributed by atoms with Crippen LogP contribution < -0.4 is 0 Å². The van der Waals surface area contributed by atoms with Crippen LogP contribution in [0.2, 0.25) is 0 Å². The topological polar surface area (TPSA) is 37.3 Å². The van der Waals surface area contributed by atoms with Crippen molar-refractivity contribution in [2.24, 2.45) is 17.8 Å². The lowest BCUT2D eigenvalue weighted by Gasteiger charge is -2.17. The highest BCUT2D eigenvalue weighted by Gasteiger charge is 2.09. The van der Waals surface area contributed by atoms with Crippen molar-refractivity contribution in [1.29, 1.82) is 0 Å². The zero-order valence-corrected chi connectivity index (χ0v) is 19.8. The number of aliphatic carboxylic acids is 1. The summed E-state index contributed by atoms with van der Waals surface area (Å²) in [6, 6.07) is 0. The van der Waals surface area contributed by atoms with Crippen LogP contribution in [0.25, 0.3) is 0 Å². The van der Waals surface area contributed by atoms with Crippen molar-refractivity contribution in [3.63, 3.8) is 0 Å². The first-order chi connectivity index (χ1) is 13.4. The summed E-state index contributed by atoms with van der Waals surface area (Å²) in [4.78, 5) is 10.4. The first kappa shape index (κ1) is 27.5. The van der Waals surface area contributed by atoms with Crippen molar-refractivity contribution in [2.45, 2.75) is 143 Å². The molecular formula is C26H52O2. The summed E-state index contributed by atoms with van der Waals surface area (Å²) >= 11 is 0. The van der Waals surface area contributed by atoms with Gasteiger partial charge in [-0.25, -0.2) is 0 Å². The molecule has 0 amide bonds. The Morgan fingerprint density at radius 2 is 0.964 bits per heavy atom. The molecular weight excluding hydrogens is 344 g/mol. The fourth-order valence-electron chi connectivity index (χ4n) is 4.33. The molecule has 168 valence electrons. The molecule has 0 bridgehead atoms. The Balaban J connectivity index is 3.26. The summed E-state index contributed by atoms with van der Waals surface area (Å²) < 4.78 is 0. The van der Waals surface area contributed by atoms with E-state index >= 15 is 0 Å². The van der Waals surface area contributed by atoms with Gasteiger partial charge >= 0.3 is 5.97 Å². The lowest BCUT2D eigenvalue weighted by molar-refractivity contribution is -0.137. The molecule has 28 heavy (non-hydrogen) atoms. The molecule has 0 heterocycles. The Morgan fingerprint density at radius 3 is 1.39 bits per heavy atom. The van der Waals surface area contributed by atoms with Crippen LogP contribution in [0.3, 0.4) is 0 Å². The number of carboxylic acids is 1. The van der Waals surface area contributed by atoms with Gasteiger partial charge in [-0.2, -0.15) is 0 Å². The average molecular weight is 397 g/mol. The van der Waals surface area contributed by atoms with Crippen LogP contribution in [-0.2, 0) is 4.79 Å². The number of hydrogen-bond acceptors (Lipinski definition) is 1. The van der Waals surface area contributed by atoms with Crippen molar-refractivity contribution in [1.82, 2.24) is 0 Å². The first-order valence-corrected chi connectivity index (χ1v) is 12.6. The predicted octanol–water partition coefficient (Wildman–Crippen LogP) is 9.02. The molecule has 0 saturated heterocycles. The number of rotatable bonds is 21. The SMILES string of the molecule is CC(C)CCCC(C)CC(C)CCCCCCCCCCCCCCC(=O)O. The normalized spacial score (nSPS) is 13.8. The Kier molecular flexibility index (Phi) is 19.4. The van der Waals surface area contributed by atoms with Crippen LogP contribution in [0.15, 0.2) is 0 Å². The van der Waals surface area contributed by atoms with Gasteiger partial charge in [0.1, 0.15) is 0 Å². The molecule has 2 atom stereocenters. The van der Waals surface area contributed by atoms with E-state index in [2.05, 4.69) is 27.7 Å². The predicted molar refractivity (Wildman–Crippen MR) is 124 cm³/mol. The van der Waals surface area contributed by atoms with E-state index in [0.29, 0.717) is 6.42 Å². The zero-order valence-electron chi connectivity index (χ0n) is 19.8. The summed E-state index contributed by atoms with van der Waals surface area (Å²) in [7, 11) is 0. The number of carboxylic acid groups (broad SMARTS) is 1. The Hall–Kier alpha value is -0.530. The van der Waals surface area contributed by atoms with E-state index in [1.807, 2.05) is 0 Å². The van der Waals surface area contributed by atoms with E-state index in [1.54, 1.807) is 0 Å². The highest BCUT2D eigenvalue weighted by Crippen LogP contribution is 2.23. The second-order valence-corrected chi connectivity index (χ2v) is 9.95. The molecule has 0 fully saturated rings. The van der Waals surface area contributed by atoms with Gasteiger partial charge in [0.15, 0.2) is 0 Å². The summed E-state index contributed by atoms with van der Waals surface area (Å²) in [6.07, 6.45) is 23.0. The van der Waals surface area contributed by atoms with Gasteiger partial charge in [0, 0.05) is 6.42 Å². The minimum Gasteiger partial charge on any atom is -0.481 e. The Labute approximate surface area is 177 Å². The summed E-state index contributed by atoms with van der Waals surface area (Å²) in [5, 5.41) is 8.60. The quantitative estimate of drug-likeness (QED) is 0.196. The summed E-state index contributed by atoms with van der Waals surface area (Å²) in [5.74, 6) is 2.02. The Morgan fingerprint density at radius 1 is 0.571 bits per heavy atom. The highest BCUT2D eigenvalue weighted by atomic mass is 16.4. The van der Waals surface area contributed by atoms with Crippen molar-refractivity contribution in [2.75, 3.05) is 0 Å². The van der Waals surface area contributed by atoms with E-state index in [0.717, 1.165) is 30.6 Å². The molecule has 0 spiro atoms. The van der Waals surface area contributed by atoms with Crippen LogP contribution in [-0.4, -0.2) is 11.1 Å². The summed E-state index contributed by atoms with van der Waals surface area (Å²) in [5.41, 5.74) is 0. The maximum Gasteiger partial charge on any atom is 0.303 e. The maximum absolute atomic E-state index is 10.4. The van der Waals surface area contributed by atoms with Crippen molar-refractivity contribution >= 4 is 5.97 Å². The molecule has 2 nitrogen and oxygen atoms in total. The van der Waals surface area contributed by atoms with Crippen LogP contribution in [0.5, 0.6) is 0 Å². The molecule has 0 aromatic heterocycles. The van der Waals surface area contributed by atoms with E-state index in [1.165, 1.54) is 96.3 Å². The molecule has 0 aromatic rings. The molecule has 0 radical (unpaired) electrons. The molecule has 1 N–H and O–H groups in total. The van der Waals surface area contributed by atoms with Crippen molar-refractivity contribution < 1.29 is 9.90 Å². The lowest BCUT2D eigenvalue weighted by Crippen LogP contribution is -2.04. The molecule has 0 aliphatic rings. The Bertz CT molecular complexity index is 337. The number of hydrogen-bond donors (Lipinski definition) is 1. The molecule has 0 aliphatic heterocycles. The van der Waals surface area contributed by atoms with Gasteiger partial charge in [0.25, 0.3) is 0 Å². The number of unbranched alkanes of at least 4 members (excludes halogenated alkanes) is 11. The average Bonchev–Trinajstić information content (AvgIpc) is 2.61. The summed E-state index contributed by atoms with van der Waals surface area (Å²) in [6.45, 7) is 9.58. The third kappa shape index (κ3) is 21.8. The molecule has 2 heteroatoms. The molecule has 0 aliphatic carbocycles. The smallest absolute Gasteiger partial charge is 0.303 e. The van der Waals surface area contributed by atoms with Crippen molar-refractivity contribution in [3.8, 4) is 0 Å². The fraction of sp³-hybridized carbons (Fsp3) is 0.962. The lowest BCUT2D eigenvalue weighted by atomic mass is 9.89. The van der Waals surface area contributed by atoms with Gasteiger partial charge in [-0.05, 0) is 30.6 Å². The number of carbonyl (C=O) groups is 1. The van der Waals surface area contributed by atoms with Crippen LogP contribution in [0.1, 0.15) is 143 Å². The fourth-order valence-corrected chi connectivity index (χ4v) is 4.33. The highest BCUT2D eigenvalue weighted by molar-refractivity contribution is 5.66. The third-order valence-electron chi connectivity index (χ3n) is 6.12. The zero-order chi connectivity index (χ0) is 21.0. The first-order valence-electron chi connectivity index (χ1n) is 12.6. The third-order valence-corrected chi connectivity index (χ3v) is 6.12. The molecule has 0 rings (SSSR count). The van der Waals surface area contributed by atoms with Gasteiger partial charge in [-0.15, -0.1) is 0 Å². The largest absolute Gasteiger partial charge is 0.481 e. The van der Waals surface area contributed by atoms with Gasteiger partial charge in [0.2, 0.25) is 0 Å². The molecule has 0 aromatic carbocycles. The minimum absolute atomic E-state index is 0.343. The van der Waals surface area contributed by atoms with E-state index < -0.39 is 5.97 Å². The van der Waals surface area contributed by atoms with Crippen molar-refractivity contribution in [3.05, 3.63) is 0 Å². The maximum atomic E-state index is 10.4. The van der Waals surface area contributed by atoms with E-state index in [9.17, 15) is 4.79 Å². The van der Waals surface area contributed by atoms with Gasteiger partial charge in [-0.3, -0.25) is 4.79 Å². The molecule has 2 unspecified atom stereocenters. The second kappa shape index (κ2) is 19.8. The van der Waals surface area contributed by atoms with Crippen LogP contribution >= 0.6 is 0 Å². The van der Waals surface area contributed by atoms with Gasteiger partial charge < -0.3 is 5.11 Å². The van der Waals surface area contributed by atoms with E-state index in [4.69, 9.17) is 5.11 Å². The van der Waals surface area contributed by atoms with Crippen LogP contribution in [0.4, 0.5) is 0 Å². The second-order valence-electron chi connectivity index (χ2n) is 9.95. The van der Waals surface area contributed by atoms with Gasteiger partial charge in [-0.1, -0.05) is 124 Å². The van der Waals surface area contributed by atoms with Crippen LogP contribution in [0, 0.1) is 17.8 Å².